The first-order valence-electron chi connectivity index (χ1n) is 13.0. The third kappa shape index (κ3) is 4.86. The lowest BCUT2D eigenvalue weighted by Crippen LogP contribution is -2.79. The van der Waals surface area contributed by atoms with Crippen LogP contribution in [0.15, 0.2) is 42.5 Å². The molecule has 2 aliphatic rings. The number of phenolic OH excluding ortho intramolecular Hbond substituents is 1. The molecule has 0 bridgehead atoms. The van der Waals surface area contributed by atoms with Gasteiger partial charge in [-0.1, -0.05) is 44.2 Å². The lowest BCUT2D eigenvalue weighted by Gasteiger charge is -2.55. The first-order valence-corrected chi connectivity index (χ1v) is 13.0. The average molecular weight is 544 g/mol. The van der Waals surface area contributed by atoms with Crippen molar-refractivity contribution in [2.45, 2.75) is 70.7 Å². The Morgan fingerprint density at radius 2 is 1.79 bits per heavy atom. The van der Waals surface area contributed by atoms with Crippen molar-refractivity contribution in [1.82, 2.24) is 15.1 Å². The van der Waals surface area contributed by atoms with Crippen molar-refractivity contribution in [3.8, 4) is 5.75 Å². The first kappa shape index (κ1) is 28.5. The number of rotatable bonds is 8. The highest BCUT2D eigenvalue weighted by atomic mass is 19.3. The Balaban J connectivity index is 1.62. The van der Waals surface area contributed by atoms with E-state index in [4.69, 9.17) is 0 Å². The Hall–Kier alpha value is -3.53. The van der Waals surface area contributed by atoms with Gasteiger partial charge in [0.15, 0.2) is 6.10 Å². The highest BCUT2D eigenvalue weighted by molar-refractivity contribution is 5.99. The van der Waals surface area contributed by atoms with Gasteiger partial charge in [0.1, 0.15) is 17.3 Å². The minimum Gasteiger partial charge on any atom is -0.508 e. The molecule has 2 heterocycles. The minimum atomic E-state index is -3.38. The summed E-state index contributed by atoms with van der Waals surface area (Å²) in [7, 11) is 0. The maximum atomic E-state index is 15.3. The summed E-state index contributed by atoms with van der Waals surface area (Å²) in [6.45, 7) is 7.29. The molecule has 10 heteroatoms. The van der Waals surface area contributed by atoms with Crippen molar-refractivity contribution in [2.75, 3.05) is 13.1 Å². The Labute approximate surface area is 226 Å². The number of benzene rings is 2. The maximum Gasteiger partial charge on any atom is 0.290 e. The molecule has 2 aromatic carbocycles. The van der Waals surface area contributed by atoms with E-state index in [0.29, 0.717) is 16.7 Å². The zero-order chi connectivity index (χ0) is 28.9. The molecule has 4 atom stereocenters. The van der Waals surface area contributed by atoms with Crippen molar-refractivity contribution in [1.29, 1.82) is 0 Å². The summed E-state index contributed by atoms with van der Waals surface area (Å²) in [5, 5.41) is 24.1. The van der Waals surface area contributed by atoms with E-state index >= 15 is 8.78 Å². The number of aliphatic hydroxyl groups is 1. The normalized spacial score (nSPS) is 23.3. The van der Waals surface area contributed by atoms with Crippen LogP contribution < -0.4 is 5.32 Å². The number of aromatic hydroxyl groups is 1. The molecule has 0 aliphatic carbocycles. The van der Waals surface area contributed by atoms with Crippen LogP contribution in [0.4, 0.5) is 8.78 Å². The third-order valence-electron chi connectivity index (χ3n) is 7.86. The number of fused-ring (bicyclic) bond motifs is 1. The zero-order valence-corrected chi connectivity index (χ0v) is 22.7. The van der Waals surface area contributed by atoms with Gasteiger partial charge in [0.05, 0.1) is 12.6 Å². The van der Waals surface area contributed by atoms with Gasteiger partial charge in [0.2, 0.25) is 5.91 Å². The van der Waals surface area contributed by atoms with E-state index in [9.17, 15) is 24.6 Å². The van der Waals surface area contributed by atoms with Crippen molar-refractivity contribution in [3.05, 3.63) is 64.7 Å². The molecule has 0 radical (unpaired) electrons. The zero-order valence-electron chi connectivity index (χ0n) is 22.7. The summed E-state index contributed by atoms with van der Waals surface area (Å²) in [4.78, 5) is 41.6. The predicted molar refractivity (Wildman–Crippen MR) is 140 cm³/mol. The van der Waals surface area contributed by atoms with Gasteiger partial charge >= 0.3 is 0 Å². The van der Waals surface area contributed by atoms with E-state index in [-0.39, 0.29) is 30.2 Å². The molecule has 1 unspecified atom stereocenters. The number of β-lactam (4-membered cyclic amide) rings is 1. The molecule has 2 aromatic rings. The van der Waals surface area contributed by atoms with Gasteiger partial charge in [0.25, 0.3) is 17.7 Å². The number of likely N-dealkylation sites (tertiary alicyclic amines) is 2. The molecule has 210 valence electrons. The number of aliphatic hydroxyl groups excluding tert-OH is 1. The second-order valence-corrected chi connectivity index (χ2v) is 11.2. The van der Waals surface area contributed by atoms with E-state index in [1.54, 1.807) is 50.2 Å². The number of carbonyl (C=O) groups excluding carboxylic acids is 3. The van der Waals surface area contributed by atoms with Crippen molar-refractivity contribution >= 4 is 17.7 Å². The van der Waals surface area contributed by atoms with Crippen molar-refractivity contribution < 1.29 is 33.4 Å². The largest absolute Gasteiger partial charge is 0.508 e. The fourth-order valence-electron chi connectivity index (χ4n) is 5.62. The molecule has 3 amide bonds. The van der Waals surface area contributed by atoms with Crippen LogP contribution in [0, 0.1) is 19.8 Å². The summed E-state index contributed by atoms with van der Waals surface area (Å²) in [5.41, 5.74) is -0.0787. The molecular formula is C29H35F2N3O5. The van der Waals surface area contributed by atoms with Crippen molar-refractivity contribution in [2.24, 2.45) is 5.92 Å². The summed E-state index contributed by atoms with van der Waals surface area (Å²) >= 11 is 0. The summed E-state index contributed by atoms with van der Waals surface area (Å²) < 4.78 is 30.6. The number of hydrogen-bond donors (Lipinski definition) is 3. The second-order valence-electron chi connectivity index (χ2n) is 11.2. The van der Waals surface area contributed by atoms with Gasteiger partial charge in [-0.3, -0.25) is 14.4 Å². The standard InChI is InChI=1S/C29H35F2N3O5/c1-16(2)14-34-27(39)24-28(34,5)29(30,31)15-33(24)26(38)23(36)21(13-19-9-7-6-8-10-19)32-25(37)20-11-17(3)12-22(35)18(20)4/h6-12,16,21,23-24,35-36H,13-15H2,1-5H3,(H,32,37)/t21-,23-,24+,28?/m0/s1. The summed E-state index contributed by atoms with van der Waals surface area (Å²) in [5.74, 6) is -5.79. The van der Waals surface area contributed by atoms with E-state index < -0.39 is 53.9 Å². The molecular weight excluding hydrogens is 508 g/mol. The van der Waals surface area contributed by atoms with Crippen LogP contribution in [0.3, 0.4) is 0 Å². The SMILES string of the molecule is Cc1cc(O)c(C)c(C(=O)N[C@@H](Cc2ccccc2)[C@H](O)C(=O)N2CC(F)(F)C3(C)[C@H]2C(=O)N3CC(C)C)c1. The Morgan fingerprint density at radius 3 is 2.41 bits per heavy atom. The molecule has 0 saturated carbocycles. The number of nitrogens with zero attached hydrogens (tertiary/aromatic N) is 2. The summed E-state index contributed by atoms with van der Waals surface area (Å²) in [6, 6.07) is 9.28. The number of alkyl halides is 2. The molecule has 2 aliphatic heterocycles. The Kier molecular flexibility index (Phi) is 7.46. The monoisotopic (exact) mass is 543 g/mol. The van der Waals surface area contributed by atoms with E-state index in [1.807, 2.05) is 13.8 Å². The lowest BCUT2D eigenvalue weighted by molar-refractivity contribution is -0.192. The smallest absolute Gasteiger partial charge is 0.290 e. The maximum absolute atomic E-state index is 15.3. The predicted octanol–water partition coefficient (Wildman–Crippen LogP) is 2.81. The van der Waals surface area contributed by atoms with E-state index in [2.05, 4.69) is 5.32 Å². The highest BCUT2D eigenvalue weighted by Gasteiger charge is 2.77. The van der Waals surface area contributed by atoms with Gasteiger partial charge in [-0.2, -0.15) is 0 Å². The van der Waals surface area contributed by atoms with Gasteiger partial charge in [-0.25, -0.2) is 8.78 Å². The molecule has 0 aromatic heterocycles. The quantitative estimate of drug-likeness (QED) is 0.444. The van der Waals surface area contributed by atoms with E-state index in [0.717, 1.165) is 9.80 Å². The molecule has 2 fully saturated rings. The van der Waals surface area contributed by atoms with Gasteiger partial charge in [-0.05, 0) is 56.4 Å². The Morgan fingerprint density at radius 1 is 1.15 bits per heavy atom. The van der Waals surface area contributed by atoms with Crippen LogP contribution in [0.25, 0.3) is 0 Å². The minimum absolute atomic E-state index is 0.0237. The number of hydrogen-bond acceptors (Lipinski definition) is 5. The number of amides is 3. The van der Waals surface area contributed by atoms with E-state index in [1.165, 1.54) is 13.0 Å². The third-order valence-corrected chi connectivity index (χ3v) is 7.86. The fourth-order valence-corrected chi connectivity index (χ4v) is 5.62. The molecule has 0 spiro atoms. The van der Waals surface area contributed by atoms with Crippen LogP contribution in [0.5, 0.6) is 5.75 Å². The first-order chi connectivity index (χ1) is 18.2. The Bertz CT molecular complexity index is 1290. The molecule has 39 heavy (non-hydrogen) atoms. The molecule has 2 saturated heterocycles. The number of aryl methyl sites for hydroxylation is 1. The number of nitrogens with one attached hydrogen (secondary N) is 1. The number of halogens is 2. The van der Waals surface area contributed by atoms with Crippen LogP contribution in [-0.4, -0.2) is 80.5 Å². The van der Waals surface area contributed by atoms with Crippen molar-refractivity contribution in [3.63, 3.8) is 0 Å². The van der Waals surface area contributed by atoms with Gasteiger partial charge < -0.3 is 25.3 Å². The second kappa shape index (κ2) is 10.2. The number of carbonyl (C=O) groups is 3. The fraction of sp³-hybridized carbons (Fsp3) is 0.483. The molecule has 4 rings (SSSR count). The van der Waals surface area contributed by atoms with Crippen LogP contribution >= 0.6 is 0 Å². The topological polar surface area (TPSA) is 110 Å². The van der Waals surface area contributed by atoms with Crippen LogP contribution in [0.1, 0.15) is 47.8 Å². The van der Waals surface area contributed by atoms with Crippen LogP contribution in [0.2, 0.25) is 0 Å². The molecule has 3 N–H and O–H groups in total. The van der Waals surface area contributed by atoms with Gasteiger partial charge in [0, 0.05) is 17.7 Å². The summed E-state index contributed by atoms with van der Waals surface area (Å²) in [6.07, 6.45) is -1.88. The molecule has 8 nitrogen and oxygen atoms in total. The van der Waals surface area contributed by atoms with Crippen LogP contribution in [-0.2, 0) is 16.0 Å². The highest BCUT2D eigenvalue weighted by Crippen LogP contribution is 2.52. The van der Waals surface area contributed by atoms with Gasteiger partial charge in [-0.15, -0.1) is 0 Å². The number of phenols is 1. The average Bonchev–Trinajstić information content (AvgIpc) is 3.06. The lowest BCUT2D eigenvalue weighted by atomic mass is 9.77.